The lowest BCUT2D eigenvalue weighted by molar-refractivity contribution is -0.122. The van der Waals surface area contributed by atoms with E-state index in [-0.39, 0.29) is 24.8 Å². The molecule has 1 aromatic heterocycles. The molecular formula is C18H17FN2O4S. The number of thiophene rings is 1. The molecule has 1 aromatic carbocycles. The van der Waals surface area contributed by atoms with E-state index < -0.39 is 17.7 Å². The number of carbonyl (C=O) groups is 3. The Balaban J connectivity index is 1.68. The quantitative estimate of drug-likeness (QED) is 0.833. The zero-order valence-electron chi connectivity index (χ0n) is 14.2. The molecule has 3 rings (SSSR count). The fourth-order valence-electron chi connectivity index (χ4n) is 2.72. The van der Waals surface area contributed by atoms with Crippen LogP contribution in [-0.2, 0) is 14.3 Å². The van der Waals surface area contributed by atoms with E-state index >= 15 is 0 Å². The Bertz CT molecular complexity index is 880. The summed E-state index contributed by atoms with van der Waals surface area (Å²) in [6, 6.07) is 7.74. The number of hydrogen-bond acceptors (Lipinski definition) is 5. The second-order valence-corrected chi connectivity index (χ2v) is 7.07. The Labute approximate surface area is 153 Å². The molecule has 1 saturated heterocycles. The van der Waals surface area contributed by atoms with Crippen molar-refractivity contribution in [2.75, 3.05) is 23.9 Å². The van der Waals surface area contributed by atoms with Gasteiger partial charge < -0.3 is 15.0 Å². The Kier molecular flexibility index (Phi) is 5.03. The molecular weight excluding hydrogens is 359 g/mol. The van der Waals surface area contributed by atoms with Crippen molar-refractivity contribution in [3.05, 3.63) is 46.6 Å². The SMILES string of the molecule is COC(=O)c1ccc(NC(=O)[C@@H]2CC(=O)N(c3ccc(C)c(F)c3)C2)s1. The van der Waals surface area contributed by atoms with Crippen LogP contribution in [0.25, 0.3) is 0 Å². The zero-order valence-corrected chi connectivity index (χ0v) is 15.1. The third kappa shape index (κ3) is 3.60. The monoisotopic (exact) mass is 376 g/mol. The first-order chi connectivity index (χ1) is 12.4. The van der Waals surface area contributed by atoms with Crippen LogP contribution in [0.4, 0.5) is 15.1 Å². The predicted molar refractivity (Wildman–Crippen MR) is 95.9 cm³/mol. The van der Waals surface area contributed by atoms with Crippen LogP contribution >= 0.6 is 11.3 Å². The van der Waals surface area contributed by atoms with E-state index in [4.69, 9.17) is 0 Å². The minimum atomic E-state index is -0.546. The first kappa shape index (κ1) is 18.1. The minimum absolute atomic E-state index is 0.0521. The van der Waals surface area contributed by atoms with Gasteiger partial charge in [0.05, 0.1) is 18.0 Å². The Morgan fingerprint density at radius 1 is 1.31 bits per heavy atom. The molecule has 6 nitrogen and oxygen atoms in total. The summed E-state index contributed by atoms with van der Waals surface area (Å²) in [6.45, 7) is 1.83. The molecule has 1 atom stereocenters. The first-order valence-electron chi connectivity index (χ1n) is 7.94. The van der Waals surface area contributed by atoms with Crippen LogP contribution in [0.2, 0.25) is 0 Å². The molecule has 1 aliphatic heterocycles. The number of aryl methyl sites for hydroxylation is 1. The molecule has 0 saturated carbocycles. The molecule has 1 aliphatic rings. The summed E-state index contributed by atoms with van der Waals surface area (Å²) in [5.74, 6) is -1.95. The van der Waals surface area contributed by atoms with Gasteiger partial charge in [-0.05, 0) is 36.8 Å². The van der Waals surface area contributed by atoms with E-state index in [1.807, 2.05) is 0 Å². The average molecular weight is 376 g/mol. The lowest BCUT2D eigenvalue weighted by atomic mass is 10.1. The summed E-state index contributed by atoms with van der Waals surface area (Å²) in [5.41, 5.74) is 0.936. The smallest absolute Gasteiger partial charge is 0.348 e. The standard InChI is InChI=1S/C18H17FN2O4S/c1-10-3-4-12(8-13(10)19)21-9-11(7-16(21)22)17(23)20-15-6-5-14(26-15)18(24)25-2/h3-6,8,11H,7,9H2,1-2H3,(H,20,23)/t11-/m1/s1. The van der Waals surface area contributed by atoms with Crippen LogP contribution in [0.5, 0.6) is 0 Å². The van der Waals surface area contributed by atoms with Gasteiger partial charge in [0.2, 0.25) is 11.8 Å². The molecule has 26 heavy (non-hydrogen) atoms. The van der Waals surface area contributed by atoms with Crippen LogP contribution in [0, 0.1) is 18.7 Å². The highest BCUT2D eigenvalue weighted by atomic mass is 32.1. The topological polar surface area (TPSA) is 75.7 Å². The van der Waals surface area contributed by atoms with Crippen molar-refractivity contribution < 1.29 is 23.5 Å². The highest BCUT2D eigenvalue weighted by Gasteiger charge is 2.35. The molecule has 8 heteroatoms. The van der Waals surface area contributed by atoms with Crippen molar-refractivity contribution in [3.8, 4) is 0 Å². The molecule has 0 bridgehead atoms. The third-order valence-corrected chi connectivity index (χ3v) is 5.18. The fraction of sp³-hybridized carbons (Fsp3) is 0.278. The normalized spacial score (nSPS) is 16.7. The van der Waals surface area contributed by atoms with Crippen LogP contribution in [-0.4, -0.2) is 31.4 Å². The van der Waals surface area contributed by atoms with E-state index in [1.54, 1.807) is 31.2 Å². The van der Waals surface area contributed by atoms with Gasteiger partial charge in [0.25, 0.3) is 0 Å². The molecule has 0 spiro atoms. The van der Waals surface area contributed by atoms with Crippen molar-refractivity contribution in [1.82, 2.24) is 0 Å². The number of halogens is 1. The highest BCUT2D eigenvalue weighted by Crippen LogP contribution is 2.29. The molecule has 0 radical (unpaired) electrons. The van der Waals surface area contributed by atoms with Crippen molar-refractivity contribution in [3.63, 3.8) is 0 Å². The number of hydrogen-bond donors (Lipinski definition) is 1. The maximum absolute atomic E-state index is 13.7. The number of ether oxygens (including phenoxy) is 1. The van der Waals surface area contributed by atoms with Gasteiger partial charge in [0, 0.05) is 18.7 Å². The largest absolute Gasteiger partial charge is 0.465 e. The second kappa shape index (κ2) is 7.25. The first-order valence-corrected chi connectivity index (χ1v) is 8.76. The number of amides is 2. The van der Waals surface area contributed by atoms with Crippen molar-refractivity contribution in [2.24, 2.45) is 5.92 Å². The van der Waals surface area contributed by atoms with E-state index in [0.29, 0.717) is 21.1 Å². The molecule has 2 heterocycles. The van der Waals surface area contributed by atoms with E-state index in [9.17, 15) is 18.8 Å². The summed E-state index contributed by atoms with van der Waals surface area (Å²) >= 11 is 1.10. The zero-order chi connectivity index (χ0) is 18.8. The van der Waals surface area contributed by atoms with Gasteiger partial charge in [-0.3, -0.25) is 9.59 Å². The number of nitrogens with one attached hydrogen (secondary N) is 1. The number of carbonyl (C=O) groups excluding carboxylic acids is 3. The van der Waals surface area contributed by atoms with Gasteiger partial charge in [-0.25, -0.2) is 9.18 Å². The number of nitrogens with zero attached hydrogens (tertiary/aromatic N) is 1. The Morgan fingerprint density at radius 3 is 2.77 bits per heavy atom. The fourth-order valence-corrected chi connectivity index (χ4v) is 3.55. The predicted octanol–water partition coefficient (Wildman–Crippen LogP) is 2.97. The molecule has 0 unspecified atom stereocenters. The maximum Gasteiger partial charge on any atom is 0.348 e. The van der Waals surface area contributed by atoms with Crippen molar-refractivity contribution in [1.29, 1.82) is 0 Å². The van der Waals surface area contributed by atoms with E-state index in [2.05, 4.69) is 10.1 Å². The van der Waals surface area contributed by atoms with E-state index in [0.717, 1.165) is 11.3 Å². The van der Waals surface area contributed by atoms with Crippen molar-refractivity contribution in [2.45, 2.75) is 13.3 Å². The molecule has 0 aliphatic carbocycles. The maximum atomic E-state index is 13.7. The molecule has 1 N–H and O–H groups in total. The number of benzene rings is 1. The third-order valence-electron chi connectivity index (χ3n) is 4.20. The van der Waals surface area contributed by atoms with Gasteiger partial charge in [-0.15, -0.1) is 11.3 Å². The summed E-state index contributed by atoms with van der Waals surface area (Å²) in [7, 11) is 1.28. The summed E-state index contributed by atoms with van der Waals surface area (Å²) < 4.78 is 18.4. The minimum Gasteiger partial charge on any atom is -0.465 e. The highest BCUT2D eigenvalue weighted by molar-refractivity contribution is 7.18. The van der Waals surface area contributed by atoms with Crippen LogP contribution in [0.15, 0.2) is 30.3 Å². The van der Waals surface area contributed by atoms with Crippen molar-refractivity contribution >= 4 is 39.8 Å². The number of methoxy groups -OCH3 is 1. The summed E-state index contributed by atoms with van der Waals surface area (Å²) in [6.07, 6.45) is 0.0521. The second-order valence-electron chi connectivity index (χ2n) is 5.98. The Morgan fingerprint density at radius 2 is 2.08 bits per heavy atom. The van der Waals surface area contributed by atoms with Gasteiger partial charge in [0.1, 0.15) is 10.7 Å². The van der Waals surface area contributed by atoms with Gasteiger partial charge >= 0.3 is 5.97 Å². The number of esters is 1. The number of rotatable bonds is 4. The lowest BCUT2D eigenvalue weighted by Gasteiger charge is -2.17. The van der Waals surface area contributed by atoms with Gasteiger partial charge in [-0.1, -0.05) is 6.07 Å². The average Bonchev–Trinajstić information content (AvgIpc) is 3.23. The molecule has 1 fully saturated rings. The lowest BCUT2D eigenvalue weighted by Crippen LogP contribution is -2.28. The summed E-state index contributed by atoms with van der Waals surface area (Å²) in [4.78, 5) is 37.9. The van der Waals surface area contributed by atoms with Gasteiger partial charge in [-0.2, -0.15) is 0 Å². The molecule has 2 aromatic rings. The molecule has 136 valence electrons. The number of anilines is 2. The summed E-state index contributed by atoms with van der Waals surface area (Å²) in [5, 5.41) is 3.22. The molecule has 2 amide bonds. The van der Waals surface area contributed by atoms with Crippen LogP contribution < -0.4 is 10.2 Å². The van der Waals surface area contributed by atoms with Crippen LogP contribution in [0.1, 0.15) is 21.7 Å². The Hall–Kier alpha value is -2.74. The van der Waals surface area contributed by atoms with Crippen LogP contribution in [0.3, 0.4) is 0 Å². The van der Waals surface area contributed by atoms with E-state index in [1.165, 1.54) is 18.1 Å². The van der Waals surface area contributed by atoms with Gasteiger partial charge in [0.15, 0.2) is 0 Å².